The lowest BCUT2D eigenvalue weighted by Crippen LogP contribution is -2.35. The van der Waals surface area contributed by atoms with Crippen LogP contribution in [0.4, 0.5) is 5.69 Å². The molecule has 8 heteroatoms. The Morgan fingerprint density at radius 3 is 2.52 bits per heavy atom. The van der Waals surface area contributed by atoms with Crippen LogP contribution in [0.15, 0.2) is 18.6 Å². The van der Waals surface area contributed by atoms with Crippen LogP contribution in [0.2, 0.25) is 0 Å². The Balaban J connectivity index is 2.18. The van der Waals surface area contributed by atoms with Gasteiger partial charge < -0.3 is 10.4 Å². The molecule has 21 heavy (non-hydrogen) atoms. The minimum atomic E-state index is -1.19. The normalized spacial score (nSPS) is 11.4. The second-order valence-corrected chi connectivity index (χ2v) is 5.29. The molecule has 2 heterocycles. The minimum absolute atomic E-state index is 0.312. The van der Waals surface area contributed by atoms with E-state index in [1.54, 1.807) is 24.9 Å². The van der Waals surface area contributed by atoms with Gasteiger partial charge in [-0.2, -0.15) is 10.2 Å². The lowest BCUT2D eigenvalue weighted by atomic mass is 10.1. The van der Waals surface area contributed by atoms with Crippen LogP contribution in [0.3, 0.4) is 0 Å². The van der Waals surface area contributed by atoms with Crippen molar-refractivity contribution in [3.63, 3.8) is 0 Å². The number of carbonyl (C=O) groups excluding carboxylic acids is 1. The first-order valence-electron chi connectivity index (χ1n) is 6.32. The Hall–Kier alpha value is -2.64. The highest BCUT2D eigenvalue weighted by atomic mass is 16.4. The van der Waals surface area contributed by atoms with Crippen LogP contribution in [0, 0.1) is 6.92 Å². The van der Waals surface area contributed by atoms with Crippen LogP contribution >= 0.6 is 0 Å². The summed E-state index contributed by atoms with van der Waals surface area (Å²) in [6.45, 7) is 4.80. The maximum absolute atomic E-state index is 12.1. The highest BCUT2D eigenvalue weighted by molar-refractivity contribution is 6.04. The molecule has 2 rings (SSSR count). The maximum atomic E-state index is 12.1. The molecule has 2 N–H and O–H groups in total. The van der Waals surface area contributed by atoms with Crippen molar-refractivity contribution in [2.75, 3.05) is 5.32 Å². The number of rotatable bonds is 4. The van der Waals surface area contributed by atoms with Gasteiger partial charge in [0, 0.05) is 19.4 Å². The Morgan fingerprint density at radius 1 is 1.33 bits per heavy atom. The van der Waals surface area contributed by atoms with Crippen molar-refractivity contribution in [3.05, 3.63) is 29.8 Å². The fourth-order valence-electron chi connectivity index (χ4n) is 1.81. The molecule has 8 nitrogen and oxygen atoms in total. The summed E-state index contributed by atoms with van der Waals surface area (Å²) < 4.78 is 2.85. The number of carbonyl (C=O) groups is 2. The van der Waals surface area contributed by atoms with Gasteiger partial charge in [0.15, 0.2) is 5.54 Å². The molecule has 0 unspecified atom stereocenters. The summed E-state index contributed by atoms with van der Waals surface area (Å²) in [6, 6.07) is 0. The first kappa shape index (κ1) is 14.8. The number of hydrogen-bond donors (Lipinski definition) is 2. The number of anilines is 1. The monoisotopic (exact) mass is 291 g/mol. The third-order valence-electron chi connectivity index (χ3n) is 3.19. The standard InChI is InChI=1S/C13H17N5O3/c1-8-10(7-17(4)16-8)11(19)15-9-5-14-18(6-9)13(2,3)12(20)21/h5-7H,1-4H3,(H,15,19)(H,20,21). The van der Waals surface area contributed by atoms with Crippen LogP contribution in [-0.4, -0.2) is 36.5 Å². The van der Waals surface area contributed by atoms with Crippen molar-refractivity contribution in [1.82, 2.24) is 19.6 Å². The molecule has 0 spiro atoms. The molecule has 0 saturated carbocycles. The van der Waals surface area contributed by atoms with Crippen LogP contribution in [0.1, 0.15) is 29.9 Å². The SMILES string of the molecule is Cc1nn(C)cc1C(=O)Nc1cnn(C(C)(C)C(=O)O)c1. The van der Waals surface area contributed by atoms with E-state index >= 15 is 0 Å². The van der Waals surface area contributed by atoms with Gasteiger partial charge in [-0.25, -0.2) is 4.79 Å². The van der Waals surface area contributed by atoms with Gasteiger partial charge in [0.2, 0.25) is 0 Å². The third kappa shape index (κ3) is 2.78. The topological polar surface area (TPSA) is 102 Å². The number of nitrogens with zero attached hydrogens (tertiary/aromatic N) is 4. The largest absolute Gasteiger partial charge is 0.479 e. The maximum Gasteiger partial charge on any atom is 0.331 e. The summed E-state index contributed by atoms with van der Waals surface area (Å²) in [6.07, 6.45) is 4.52. The second-order valence-electron chi connectivity index (χ2n) is 5.29. The average molecular weight is 291 g/mol. The third-order valence-corrected chi connectivity index (χ3v) is 3.19. The van der Waals surface area contributed by atoms with Gasteiger partial charge in [-0.05, 0) is 20.8 Å². The first-order valence-corrected chi connectivity index (χ1v) is 6.32. The number of aliphatic carboxylic acids is 1. The number of hydrogen-bond acceptors (Lipinski definition) is 4. The molecule has 0 aliphatic rings. The Bertz CT molecular complexity index is 698. The van der Waals surface area contributed by atoms with Crippen LogP contribution in [0.25, 0.3) is 0 Å². The smallest absolute Gasteiger partial charge is 0.331 e. The summed E-state index contributed by atoms with van der Waals surface area (Å²) in [5.41, 5.74) is 0.321. The number of nitrogens with one attached hydrogen (secondary N) is 1. The summed E-state index contributed by atoms with van der Waals surface area (Å²) in [4.78, 5) is 23.3. The van der Waals surface area contributed by atoms with Gasteiger partial charge in [-0.1, -0.05) is 0 Å². The van der Waals surface area contributed by atoms with Crippen LogP contribution < -0.4 is 5.32 Å². The zero-order valence-electron chi connectivity index (χ0n) is 12.3. The van der Waals surface area contributed by atoms with E-state index < -0.39 is 11.5 Å². The van der Waals surface area contributed by atoms with Gasteiger partial charge in [-0.3, -0.25) is 14.2 Å². The molecule has 0 bridgehead atoms. The van der Waals surface area contributed by atoms with Crippen LogP contribution in [-0.2, 0) is 17.4 Å². The molecule has 2 aromatic rings. The van der Waals surface area contributed by atoms with Crippen LogP contribution in [0.5, 0.6) is 0 Å². The highest BCUT2D eigenvalue weighted by Crippen LogP contribution is 2.18. The summed E-state index contributed by atoms with van der Waals surface area (Å²) in [5.74, 6) is -1.32. The number of aromatic nitrogens is 4. The second kappa shape index (κ2) is 5.04. The molecule has 0 saturated heterocycles. The van der Waals surface area contributed by atoms with Gasteiger partial charge in [0.1, 0.15) is 0 Å². The Kier molecular flexibility index (Phi) is 3.54. The van der Waals surface area contributed by atoms with E-state index in [-0.39, 0.29) is 5.91 Å². The quantitative estimate of drug-likeness (QED) is 0.874. The lowest BCUT2D eigenvalue weighted by Gasteiger charge is -2.19. The van der Waals surface area contributed by atoms with Crippen molar-refractivity contribution in [1.29, 1.82) is 0 Å². The predicted molar refractivity (Wildman–Crippen MR) is 75.1 cm³/mol. The van der Waals surface area contributed by atoms with Crippen molar-refractivity contribution in [2.24, 2.45) is 7.05 Å². The van der Waals surface area contributed by atoms with Gasteiger partial charge >= 0.3 is 5.97 Å². The van der Waals surface area contributed by atoms with Crippen molar-refractivity contribution < 1.29 is 14.7 Å². The van der Waals surface area contributed by atoms with E-state index in [1.165, 1.54) is 30.9 Å². The molecule has 0 aromatic carbocycles. The molecule has 112 valence electrons. The fraction of sp³-hybridized carbons (Fsp3) is 0.385. The fourth-order valence-corrected chi connectivity index (χ4v) is 1.81. The zero-order valence-corrected chi connectivity index (χ0v) is 12.3. The van der Waals surface area contributed by atoms with Crippen molar-refractivity contribution in [3.8, 4) is 0 Å². The van der Waals surface area contributed by atoms with E-state index in [2.05, 4.69) is 15.5 Å². The predicted octanol–water partition coefficient (Wildman–Crippen LogP) is 0.997. The van der Waals surface area contributed by atoms with Gasteiger partial charge in [-0.15, -0.1) is 0 Å². The zero-order chi connectivity index (χ0) is 15.8. The number of amides is 1. The first-order chi connectivity index (χ1) is 9.71. The average Bonchev–Trinajstić information content (AvgIpc) is 2.96. The Labute approximate surface area is 121 Å². The number of carboxylic acids is 1. The molecule has 1 amide bonds. The van der Waals surface area contributed by atoms with E-state index in [9.17, 15) is 9.59 Å². The molecular weight excluding hydrogens is 274 g/mol. The van der Waals surface area contributed by atoms with Crippen molar-refractivity contribution >= 4 is 17.6 Å². The number of aryl methyl sites for hydroxylation is 2. The molecule has 0 atom stereocenters. The summed E-state index contributed by atoms with van der Waals surface area (Å²) >= 11 is 0. The molecule has 0 fully saturated rings. The minimum Gasteiger partial charge on any atom is -0.479 e. The lowest BCUT2D eigenvalue weighted by molar-refractivity contribution is -0.146. The summed E-state index contributed by atoms with van der Waals surface area (Å²) in [5, 5.41) is 19.9. The van der Waals surface area contributed by atoms with E-state index in [0.29, 0.717) is 16.9 Å². The van der Waals surface area contributed by atoms with E-state index in [0.717, 1.165) is 0 Å². The molecule has 2 aromatic heterocycles. The summed E-state index contributed by atoms with van der Waals surface area (Å²) in [7, 11) is 1.73. The van der Waals surface area contributed by atoms with Gasteiger partial charge in [0.05, 0.1) is 23.1 Å². The van der Waals surface area contributed by atoms with Crippen molar-refractivity contribution in [2.45, 2.75) is 26.3 Å². The molecular formula is C13H17N5O3. The van der Waals surface area contributed by atoms with E-state index in [4.69, 9.17) is 5.11 Å². The number of carboxylic acid groups (broad SMARTS) is 1. The molecule has 0 aliphatic heterocycles. The molecule has 0 aliphatic carbocycles. The highest BCUT2D eigenvalue weighted by Gasteiger charge is 2.30. The van der Waals surface area contributed by atoms with Gasteiger partial charge in [0.25, 0.3) is 5.91 Å². The molecule has 0 radical (unpaired) electrons. The Morgan fingerprint density at radius 2 is 2.00 bits per heavy atom. The van der Waals surface area contributed by atoms with E-state index in [1.807, 2.05) is 0 Å².